The molecule has 2 heteroatoms. The Kier molecular flexibility index (Phi) is 4.13. The molecule has 19 heavy (non-hydrogen) atoms. The summed E-state index contributed by atoms with van der Waals surface area (Å²) >= 11 is 0. The van der Waals surface area contributed by atoms with Crippen LogP contribution in [0.4, 0.5) is 0 Å². The van der Waals surface area contributed by atoms with Crippen LogP contribution in [0, 0.1) is 13.8 Å². The number of hydrogen-bond donors (Lipinski definition) is 1. The molecular formula is C17H18O2. The molecule has 0 bridgehead atoms. The molecule has 0 spiro atoms. The average Bonchev–Trinajstić information content (AvgIpc) is 2.40. The van der Waals surface area contributed by atoms with Crippen molar-refractivity contribution < 1.29 is 9.90 Å². The average molecular weight is 254 g/mol. The van der Waals surface area contributed by atoms with Crippen LogP contribution in [0.2, 0.25) is 0 Å². The Hall–Kier alpha value is -1.93. The third kappa shape index (κ3) is 3.52. The molecular weight excluding hydrogens is 236 g/mol. The first-order valence-corrected chi connectivity index (χ1v) is 6.41. The number of aryl methyl sites for hydroxylation is 2. The van der Waals surface area contributed by atoms with Gasteiger partial charge >= 0.3 is 0 Å². The minimum absolute atomic E-state index is 0.0342. The van der Waals surface area contributed by atoms with Gasteiger partial charge in [0.05, 0.1) is 6.10 Å². The Balaban J connectivity index is 2.06. The molecule has 0 heterocycles. The summed E-state index contributed by atoms with van der Waals surface area (Å²) in [6.07, 6.45) is -0.624. The smallest absolute Gasteiger partial charge is 0.165 e. The molecule has 2 aromatic rings. The van der Waals surface area contributed by atoms with Gasteiger partial charge in [0.15, 0.2) is 5.78 Å². The SMILES string of the molecule is Cc1ccc(C(=O)CC(O)c2ccc(C)cc2)cc1. The van der Waals surface area contributed by atoms with E-state index in [0.29, 0.717) is 5.56 Å². The molecule has 98 valence electrons. The van der Waals surface area contributed by atoms with Crippen molar-refractivity contribution in [2.75, 3.05) is 0 Å². The Labute approximate surface area is 113 Å². The van der Waals surface area contributed by atoms with E-state index < -0.39 is 6.10 Å². The minimum atomic E-state index is -0.741. The van der Waals surface area contributed by atoms with Crippen molar-refractivity contribution in [3.05, 3.63) is 70.8 Å². The maximum atomic E-state index is 12.0. The molecule has 1 atom stereocenters. The number of hydrogen-bond acceptors (Lipinski definition) is 2. The van der Waals surface area contributed by atoms with Crippen LogP contribution >= 0.6 is 0 Å². The third-order valence-electron chi connectivity index (χ3n) is 3.21. The van der Waals surface area contributed by atoms with E-state index in [1.54, 1.807) is 12.1 Å². The van der Waals surface area contributed by atoms with E-state index in [1.165, 1.54) is 0 Å². The van der Waals surface area contributed by atoms with E-state index >= 15 is 0 Å². The van der Waals surface area contributed by atoms with Gasteiger partial charge in [-0.05, 0) is 19.4 Å². The lowest BCUT2D eigenvalue weighted by Gasteiger charge is -2.10. The van der Waals surface area contributed by atoms with Gasteiger partial charge in [0, 0.05) is 12.0 Å². The zero-order valence-corrected chi connectivity index (χ0v) is 11.3. The van der Waals surface area contributed by atoms with Gasteiger partial charge in [-0.15, -0.1) is 0 Å². The van der Waals surface area contributed by atoms with Gasteiger partial charge in [-0.25, -0.2) is 0 Å². The van der Waals surface area contributed by atoms with Crippen molar-refractivity contribution in [1.82, 2.24) is 0 Å². The van der Waals surface area contributed by atoms with Crippen molar-refractivity contribution in [2.45, 2.75) is 26.4 Å². The molecule has 0 aliphatic rings. The van der Waals surface area contributed by atoms with E-state index in [1.807, 2.05) is 50.2 Å². The fourth-order valence-corrected chi connectivity index (χ4v) is 1.94. The standard InChI is InChI=1S/C17H18O2/c1-12-3-7-14(8-4-12)16(18)11-17(19)15-9-5-13(2)6-10-15/h3-10,16,18H,11H2,1-2H3. The van der Waals surface area contributed by atoms with Crippen molar-refractivity contribution in [3.63, 3.8) is 0 Å². The number of rotatable bonds is 4. The van der Waals surface area contributed by atoms with Crippen LogP contribution in [0.3, 0.4) is 0 Å². The fraction of sp³-hybridized carbons (Fsp3) is 0.235. The fourth-order valence-electron chi connectivity index (χ4n) is 1.94. The zero-order chi connectivity index (χ0) is 13.8. The van der Waals surface area contributed by atoms with Crippen LogP contribution in [0.5, 0.6) is 0 Å². The van der Waals surface area contributed by atoms with Crippen LogP contribution in [0.1, 0.15) is 39.6 Å². The van der Waals surface area contributed by atoms with Gasteiger partial charge in [0.25, 0.3) is 0 Å². The molecule has 1 unspecified atom stereocenters. The molecule has 1 N–H and O–H groups in total. The summed E-state index contributed by atoms with van der Waals surface area (Å²) in [6.45, 7) is 3.98. The summed E-state index contributed by atoms with van der Waals surface area (Å²) in [5.41, 5.74) is 3.69. The Bertz CT molecular complexity index is 553. The van der Waals surface area contributed by atoms with E-state index in [4.69, 9.17) is 0 Å². The lowest BCUT2D eigenvalue weighted by Crippen LogP contribution is -2.07. The molecule has 0 saturated heterocycles. The summed E-state index contributed by atoms with van der Waals surface area (Å²) in [4.78, 5) is 12.0. The van der Waals surface area contributed by atoms with Crippen LogP contribution in [0.25, 0.3) is 0 Å². The third-order valence-corrected chi connectivity index (χ3v) is 3.21. The summed E-state index contributed by atoms with van der Waals surface area (Å²) in [5, 5.41) is 10.1. The molecule has 2 aromatic carbocycles. The highest BCUT2D eigenvalue weighted by atomic mass is 16.3. The number of ketones is 1. The lowest BCUT2D eigenvalue weighted by molar-refractivity contribution is 0.0880. The normalized spacial score (nSPS) is 12.2. The van der Waals surface area contributed by atoms with Crippen LogP contribution in [-0.2, 0) is 0 Å². The minimum Gasteiger partial charge on any atom is -0.388 e. The van der Waals surface area contributed by atoms with Gasteiger partial charge in [-0.2, -0.15) is 0 Å². The maximum absolute atomic E-state index is 12.0. The van der Waals surface area contributed by atoms with Gasteiger partial charge in [0.1, 0.15) is 0 Å². The Morgan fingerprint density at radius 1 is 0.947 bits per heavy atom. The summed E-state index contributed by atoms with van der Waals surface area (Å²) < 4.78 is 0. The molecule has 2 rings (SSSR count). The Morgan fingerprint density at radius 2 is 1.42 bits per heavy atom. The van der Waals surface area contributed by atoms with Crippen molar-refractivity contribution in [2.24, 2.45) is 0 Å². The van der Waals surface area contributed by atoms with Crippen molar-refractivity contribution in [1.29, 1.82) is 0 Å². The monoisotopic (exact) mass is 254 g/mol. The largest absolute Gasteiger partial charge is 0.388 e. The highest BCUT2D eigenvalue weighted by molar-refractivity contribution is 5.96. The van der Waals surface area contributed by atoms with Crippen LogP contribution in [0.15, 0.2) is 48.5 Å². The van der Waals surface area contributed by atoms with E-state index in [2.05, 4.69) is 0 Å². The van der Waals surface area contributed by atoms with E-state index in [0.717, 1.165) is 16.7 Å². The summed E-state index contributed by atoms with van der Waals surface area (Å²) in [5.74, 6) is -0.0342. The quantitative estimate of drug-likeness (QED) is 0.846. The number of aliphatic hydroxyl groups excluding tert-OH is 1. The summed E-state index contributed by atoms with van der Waals surface area (Å²) in [6, 6.07) is 15.0. The second-order valence-electron chi connectivity index (χ2n) is 4.92. The van der Waals surface area contributed by atoms with Gasteiger partial charge in [-0.3, -0.25) is 4.79 Å². The number of carbonyl (C=O) groups excluding carboxylic acids is 1. The number of aliphatic hydroxyl groups is 1. The van der Waals surface area contributed by atoms with E-state index in [9.17, 15) is 9.90 Å². The molecule has 0 saturated carbocycles. The predicted molar refractivity (Wildman–Crippen MR) is 76.3 cm³/mol. The molecule has 0 aliphatic carbocycles. The second kappa shape index (κ2) is 5.81. The first-order valence-electron chi connectivity index (χ1n) is 6.41. The van der Waals surface area contributed by atoms with E-state index in [-0.39, 0.29) is 12.2 Å². The molecule has 0 amide bonds. The maximum Gasteiger partial charge on any atom is 0.165 e. The lowest BCUT2D eigenvalue weighted by atomic mass is 9.99. The molecule has 0 radical (unpaired) electrons. The van der Waals surface area contributed by atoms with Gasteiger partial charge in [-0.1, -0.05) is 59.7 Å². The predicted octanol–water partition coefficient (Wildman–Crippen LogP) is 3.61. The number of carbonyl (C=O) groups is 1. The topological polar surface area (TPSA) is 37.3 Å². The van der Waals surface area contributed by atoms with Crippen LogP contribution in [-0.4, -0.2) is 10.9 Å². The first-order chi connectivity index (χ1) is 9.06. The highest BCUT2D eigenvalue weighted by Crippen LogP contribution is 2.19. The number of benzene rings is 2. The van der Waals surface area contributed by atoms with Crippen molar-refractivity contribution >= 4 is 5.78 Å². The van der Waals surface area contributed by atoms with Crippen LogP contribution < -0.4 is 0 Å². The molecule has 2 nitrogen and oxygen atoms in total. The first kappa shape index (κ1) is 13.5. The Morgan fingerprint density at radius 3 is 1.95 bits per heavy atom. The molecule has 0 fully saturated rings. The zero-order valence-electron chi connectivity index (χ0n) is 11.3. The van der Waals surface area contributed by atoms with Gasteiger partial charge in [0.2, 0.25) is 0 Å². The second-order valence-corrected chi connectivity index (χ2v) is 4.92. The molecule has 0 aliphatic heterocycles. The highest BCUT2D eigenvalue weighted by Gasteiger charge is 2.14. The van der Waals surface area contributed by atoms with Gasteiger partial charge < -0.3 is 5.11 Å². The summed E-state index contributed by atoms with van der Waals surface area (Å²) in [7, 11) is 0. The van der Waals surface area contributed by atoms with Crippen molar-refractivity contribution in [3.8, 4) is 0 Å². The number of Topliss-reactive ketones (excluding diaryl/α,β-unsaturated/α-hetero) is 1. The molecule has 0 aromatic heterocycles.